The summed E-state index contributed by atoms with van der Waals surface area (Å²) in [5, 5.41) is 2.89. The van der Waals surface area contributed by atoms with Gasteiger partial charge in [0.15, 0.2) is 0 Å². The number of carbonyl (C=O) groups excluding carboxylic acids is 2. The maximum atomic E-state index is 12.8. The Morgan fingerprint density at radius 2 is 1.84 bits per heavy atom. The Hall–Kier alpha value is 0.0700. The van der Waals surface area contributed by atoms with Crippen LogP contribution >= 0.6 is 67.8 Å². The van der Waals surface area contributed by atoms with Crippen molar-refractivity contribution in [1.82, 2.24) is 0 Å². The van der Waals surface area contributed by atoms with E-state index in [-0.39, 0.29) is 11.9 Å². The van der Waals surface area contributed by atoms with Crippen LogP contribution in [0.5, 0.6) is 0 Å². The average Bonchev–Trinajstić information content (AvgIpc) is 2.70. The van der Waals surface area contributed by atoms with Gasteiger partial charge in [-0.25, -0.2) is 4.79 Å². The normalized spacial score (nSPS) is 15.8. The van der Waals surface area contributed by atoms with E-state index in [4.69, 9.17) is 14.2 Å². The van der Waals surface area contributed by atoms with Crippen LogP contribution in [0.1, 0.15) is 39.7 Å². The fourth-order valence-corrected chi connectivity index (χ4v) is 7.38. The maximum Gasteiger partial charge on any atom is 0.412 e. The van der Waals surface area contributed by atoms with Gasteiger partial charge in [0.1, 0.15) is 31.8 Å². The molecule has 1 heterocycles. The van der Waals surface area contributed by atoms with Gasteiger partial charge in [-0.15, -0.1) is 0 Å². The van der Waals surface area contributed by atoms with Gasteiger partial charge in [-0.2, -0.15) is 0 Å². The molecule has 1 aromatic rings. The lowest BCUT2D eigenvalue weighted by Gasteiger charge is -2.24. The number of esters is 1. The third-order valence-corrected chi connectivity index (χ3v) is 8.07. The number of nitrogens with one attached hydrogen (secondary N) is 2. The van der Waals surface area contributed by atoms with Crippen molar-refractivity contribution >= 4 is 85.5 Å². The summed E-state index contributed by atoms with van der Waals surface area (Å²) in [5.41, 5.74) is 1.18. The molecule has 1 saturated heterocycles. The molecule has 10 heteroatoms. The van der Waals surface area contributed by atoms with E-state index in [1.807, 2.05) is 33.8 Å². The molecule has 7 nitrogen and oxygen atoms in total. The Morgan fingerprint density at radius 3 is 2.44 bits per heavy atom. The highest BCUT2D eigenvalue weighted by Gasteiger charge is 2.25. The van der Waals surface area contributed by atoms with Crippen LogP contribution in [0.15, 0.2) is 6.07 Å². The second-order valence-corrected chi connectivity index (χ2v) is 12.1. The molecule has 32 heavy (non-hydrogen) atoms. The van der Waals surface area contributed by atoms with Gasteiger partial charge in [-0.3, -0.25) is 10.1 Å². The highest BCUT2D eigenvalue weighted by atomic mass is 127. The number of halogens is 3. The van der Waals surface area contributed by atoms with Crippen LogP contribution in [-0.2, 0) is 25.4 Å². The molecule has 0 saturated carbocycles. The van der Waals surface area contributed by atoms with Crippen molar-refractivity contribution in [2.75, 3.05) is 44.8 Å². The van der Waals surface area contributed by atoms with Gasteiger partial charge in [0.2, 0.25) is 0 Å². The van der Waals surface area contributed by atoms with Gasteiger partial charge in [0.05, 0.1) is 24.8 Å². The van der Waals surface area contributed by atoms with Gasteiger partial charge in [-0.05, 0) is 113 Å². The zero-order valence-corrected chi connectivity index (χ0v) is 25.5. The minimum atomic E-state index is -0.576. The Kier molecular flexibility index (Phi) is 11.7. The van der Waals surface area contributed by atoms with Crippen LogP contribution in [0.2, 0.25) is 0 Å². The molecule has 1 aliphatic heterocycles. The fraction of sp³-hybridized carbons (Fsp3) is 0.636. The van der Waals surface area contributed by atoms with Gasteiger partial charge >= 0.3 is 12.1 Å². The molecule has 0 aromatic heterocycles. The maximum absolute atomic E-state index is 12.8. The number of benzene rings is 1. The van der Waals surface area contributed by atoms with E-state index in [9.17, 15) is 9.59 Å². The first-order chi connectivity index (χ1) is 15.0. The highest BCUT2D eigenvalue weighted by Crippen LogP contribution is 2.34. The molecule has 1 aliphatic rings. The molecule has 2 rings (SSSR count). The molecule has 180 valence electrons. The van der Waals surface area contributed by atoms with Crippen LogP contribution in [0.3, 0.4) is 0 Å². The van der Waals surface area contributed by atoms with Gasteiger partial charge in [-0.1, -0.05) is 6.92 Å². The van der Waals surface area contributed by atoms with Gasteiger partial charge in [0, 0.05) is 10.7 Å². The summed E-state index contributed by atoms with van der Waals surface area (Å²) in [5.74, 6) is -0.391. The lowest BCUT2D eigenvalue weighted by Crippen LogP contribution is -3.14. The standard InChI is InChI=1S/C22H31I3N2O5/c1-5-14(20(28)31-11-8-27-6-9-30-10-7-27)12-15-16(23)13-17(24)19(18(15)25)26-21(29)32-22(2,3)4/h13-14H,5-12H2,1-4H3,(H,26,29)/p+1. The summed E-state index contributed by atoms with van der Waals surface area (Å²) >= 11 is 6.75. The molecule has 1 unspecified atom stereocenters. The van der Waals surface area contributed by atoms with Crippen molar-refractivity contribution in [1.29, 1.82) is 0 Å². The predicted octanol–water partition coefficient (Wildman–Crippen LogP) is 3.87. The quantitative estimate of drug-likeness (QED) is 0.310. The van der Waals surface area contributed by atoms with E-state index in [1.54, 1.807) is 0 Å². The molecule has 1 amide bonds. The molecular weight excluding hydrogens is 753 g/mol. The van der Waals surface area contributed by atoms with E-state index in [0.717, 1.165) is 54.8 Å². The van der Waals surface area contributed by atoms with E-state index >= 15 is 0 Å². The molecule has 2 N–H and O–H groups in total. The largest absolute Gasteiger partial charge is 0.459 e. The van der Waals surface area contributed by atoms with E-state index in [1.165, 1.54) is 4.90 Å². The van der Waals surface area contributed by atoms with Gasteiger partial charge in [0.25, 0.3) is 0 Å². The highest BCUT2D eigenvalue weighted by molar-refractivity contribution is 14.1. The van der Waals surface area contributed by atoms with E-state index < -0.39 is 11.7 Å². The summed E-state index contributed by atoms with van der Waals surface area (Å²) in [6.45, 7) is 12.2. The fourth-order valence-electron chi connectivity index (χ4n) is 3.30. The van der Waals surface area contributed by atoms with Crippen LogP contribution in [-0.4, -0.2) is 57.1 Å². The van der Waals surface area contributed by atoms with Crippen LogP contribution in [0.25, 0.3) is 0 Å². The zero-order valence-electron chi connectivity index (χ0n) is 19.0. The number of quaternary nitrogens is 1. The number of hydrogen-bond acceptors (Lipinski definition) is 5. The molecule has 0 radical (unpaired) electrons. The van der Waals surface area contributed by atoms with Crippen LogP contribution in [0.4, 0.5) is 10.5 Å². The molecule has 1 atom stereocenters. The SMILES string of the molecule is CCC(Cc1c(I)cc(I)c(NC(=O)OC(C)(C)C)c1I)C(=O)OCC[NH+]1CCOCC1. The minimum absolute atomic E-state index is 0.160. The zero-order chi connectivity index (χ0) is 23.9. The van der Waals surface area contributed by atoms with Crippen LogP contribution < -0.4 is 10.2 Å². The van der Waals surface area contributed by atoms with Crippen molar-refractivity contribution in [2.45, 2.75) is 46.1 Å². The first kappa shape index (κ1) is 28.3. The predicted molar refractivity (Wildman–Crippen MR) is 149 cm³/mol. The third-order valence-electron chi connectivity index (χ3n) is 5.07. The molecule has 0 spiro atoms. The number of hydrogen-bond donors (Lipinski definition) is 2. The number of anilines is 1. The molecule has 1 fully saturated rings. The van der Waals surface area contributed by atoms with Crippen LogP contribution in [0, 0.1) is 16.6 Å². The summed E-state index contributed by atoms with van der Waals surface area (Å²) in [6, 6.07) is 2.02. The summed E-state index contributed by atoms with van der Waals surface area (Å²) in [7, 11) is 0. The first-order valence-corrected chi connectivity index (χ1v) is 14.0. The van der Waals surface area contributed by atoms with Crippen molar-refractivity contribution in [3.63, 3.8) is 0 Å². The molecular formula is C22H32I3N2O5+. The Labute approximate surface area is 231 Å². The number of ether oxygens (including phenoxy) is 3. The lowest BCUT2D eigenvalue weighted by molar-refractivity contribution is -0.908. The van der Waals surface area contributed by atoms with Crippen molar-refractivity contribution < 1.29 is 28.7 Å². The van der Waals surface area contributed by atoms with Crippen molar-refractivity contribution in [3.05, 3.63) is 22.3 Å². The Balaban J connectivity index is 2.06. The number of rotatable bonds is 8. The third kappa shape index (κ3) is 9.02. The van der Waals surface area contributed by atoms with Crippen molar-refractivity contribution in [3.8, 4) is 0 Å². The minimum Gasteiger partial charge on any atom is -0.459 e. The van der Waals surface area contributed by atoms with E-state index in [0.29, 0.717) is 19.4 Å². The first-order valence-electron chi connectivity index (χ1n) is 10.8. The smallest absolute Gasteiger partial charge is 0.412 e. The summed E-state index contributed by atoms with van der Waals surface area (Å²) in [4.78, 5) is 26.5. The average molecular weight is 785 g/mol. The Bertz CT molecular complexity index is 808. The Morgan fingerprint density at radius 1 is 1.19 bits per heavy atom. The second kappa shape index (κ2) is 13.2. The topological polar surface area (TPSA) is 78.3 Å². The monoisotopic (exact) mass is 785 g/mol. The number of amides is 1. The molecule has 0 bridgehead atoms. The second-order valence-electron chi connectivity index (χ2n) is 8.72. The lowest BCUT2D eigenvalue weighted by atomic mass is 9.96. The number of morpholine rings is 1. The van der Waals surface area contributed by atoms with E-state index in [2.05, 4.69) is 73.1 Å². The summed E-state index contributed by atoms with van der Waals surface area (Å²) < 4.78 is 19.3. The van der Waals surface area contributed by atoms with Crippen molar-refractivity contribution in [2.24, 2.45) is 5.92 Å². The molecule has 1 aromatic carbocycles. The van der Waals surface area contributed by atoms with Gasteiger partial charge < -0.3 is 19.1 Å². The summed E-state index contributed by atoms with van der Waals surface area (Å²) in [6.07, 6.45) is 0.768. The molecule has 0 aliphatic carbocycles. The number of carbonyl (C=O) groups is 2.